The van der Waals surface area contributed by atoms with E-state index in [1.165, 1.54) is 23.9 Å². The molecule has 2 heterocycles. The number of carbonyl (C=O) groups excluding carboxylic acids is 2. The number of halogens is 1. The highest BCUT2D eigenvalue weighted by Crippen LogP contribution is 2.38. The molecule has 0 radical (unpaired) electrons. The Morgan fingerprint density at radius 2 is 1.78 bits per heavy atom. The van der Waals surface area contributed by atoms with Crippen LogP contribution >= 0.6 is 11.8 Å². The topological polar surface area (TPSA) is 83.4 Å². The van der Waals surface area contributed by atoms with Crippen molar-refractivity contribution in [2.75, 3.05) is 12.4 Å². The minimum absolute atomic E-state index is 0.00547. The van der Waals surface area contributed by atoms with E-state index in [1.807, 2.05) is 55.5 Å². The largest absolute Gasteiger partial charge is 0.497 e. The molecule has 0 aliphatic carbocycles. The maximum atomic E-state index is 13.6. The monoisotopic (exact) mass is 516 g/mol. The van der Waals surface area contributed by atoms with Gasteiger partial charge in [-0.2, -0.15) is 10.1 Å². The number of hydrazone groups is 1. The minimum atomic E-state index is -0.644. The maximum absolute atomic E-state index is 13.6. The van der Waals surface area contributed by atoms with Crippen LogP contribution in [0.25, 0.3) is 0 Å². The molecule has 5 rings (SSSR count). The highest BCUT2D eigenvalue weighted by molar-refractivity contribution is 8.15. The van der Waals surface area contributed by atoms with Gasteiger partial charge in [-0.3, -0.25) is 9.59 Å². The summed E-state index contributed by atoms with van der Waals surface area (Å²) in [5.41, 5.74) is 4.35. The lowest BCUT2D eigenvalue weighted by atomic mass is 9.98. The van der Waals surface area contributed by atoms with Crippen molar-refractivity contribution < 1.29 is 18.7 Å². The first-order chi connectivity index (χ1) is 17.9. The molecule has 2 amide bonds. The number of aliphatic imine (C=N–C) groups is 1. The Morgan fingerprint density at radius 1 is 1.08 bits per heavy atom. The SMILES string of the molecule is COc1ccc(C2=NN(C3=NC(=O)C(CC(=O)Nc4ccc(C)cc4)S3)C(c3ccc(F)cc3)C2)cc1. The van der Waals surface area contributed by atoms with Crippen LogP contribution < -0.4 is 10.1 Å². The summed E-state index contributed by atoms with van der Waals surface area (Å²) in [6.45, 7) is 1.97. The number of rotatable bonds is 6. The van der Waals surface area contributed by atoms with Crippen molar-refractivity contribution in [3.8, 4) is 5.75 Å². The number of methoxy groups -OCH3 is 1. The molecule has 188 valence electrons. The average Bonchev–Trinajstić information content (AvgIpc) is 3.50. The molecule has 3 aromatic carbocycles. The van der Waals surface area contributed by atoms with Crippen LogP contribution in [-0.4, -0.2) is 40.1 Å². The quantitative estimate of drug-likeness (QED) is 0.480. The lowest BCUT2D eigenvalue weighted by molar-refractivity contribution is -0.121. The third-order valence-electron chi connectivity index (χ3n) is 6.22. The number of aryl methyl sites for hydroxylation is 1. The molecule has 2 aliphatic rings. The van der Waals surface area contributed by atoms with Gasteiger partial charge in [-0.15, -0.1) is 0 Å². The Bertz CT molecular complexity index is 1370. The minimum Gasteiger partial charge on any atom is -0.497 e. The summed E-state index contributed by atoms with van der Waals surface area (Å²) in [6.07, 6.45) is 0.540. The van der Waals surface area contributed by atoms with Gasteiger partial charge in [0.15, 0.2) is 5.17 Å². The van der Waals surface area contributed by atoms with E-state index in [-0.39, 0.29) is 30.1 Å². The normalized spacial score (nSPS) is 19.0. The number of amides is 2. The van der Waals surface area contributed by atoms with Gasteiger partial charge < -0.3 is 10.1 Å². The zero-order chi connectivity index (χ0) is 25.9. The fourth-order valence-electron chi connectivity index (χ4n) is 4.21. The summed E-state index contributed by atoms with van der Waals surface area (Å²) in [5.74, 6) is -0.218. The van der Waals surface area contributed by atoms with Crippen LogP contribution in [0.15, 0.2) is 82.9 Å². The Balaban J connectivity index is 1.35. The molecule has 2 unspecified atom stereocenters. The van der Waals surface area contributed by atoms with E-state index in [0.29, 0.717) is 17.3 Å². The van der Waals surface area contributed by atoms with Gasteiger partial charge in [0.05, 0.1) is 18.9 Å². The number of anilines is 1. The highest BCUT2D eigenvalue weighted by Gasteiger charge is 2.39. The second-order valence-corrected chi connectivity index (χ2v) is 10.0. The summed E-state index contributed by atoms with van der Waals surface area (Å²) in [7, 11) is 1.61. The van der Waals surface area contributed by atoms with Crippen LogP contribution in [0.4, 0.5) is 10.1 Å². The first kappa shape index (κ1) is 24.7. The molecule has 0 fully saturated rings. The Kier molecular flexibility index (Phi) is 7.05. The van der Waals surface area contributed by atoms with E-state index in [0.717, 1.165) is 28.2 Å². The first-order valence-corrected chi connectivity index (χ1v) is 12.7. The summed E-state index contributed by atoms with van der Waals surface area (Å²) < 4.78 is 18.9. The molecular weight excluding hydrogens is 491 g/mol. The molecular formula is C28H25FN4O3S. The first-order valence-electron chi connectivity index (χ1n) is 11.8. The maximum Gasteiger partial charge on any atom is 0.262 e. The number of carbonyl (C=O) groups is 2. The smallest absolute Gasteiger partial charge is 0.262 e. The zero-order valence-electron chi connectivity index (χ0n) is 20.3. The standard InChI is InChI=1S/C28H25FN4O3S/c1-17-3-11-21(12-4-17)30-26(34)16-25-27(35)31-28(37-25)33-24(19-5-9-20(29)10-6-19)15-23(32-33)18-7-13-22(36-2)14-8-18/h3-14,24-25H,15-16H2,1-2H3,(H,30,34). The molecule has 2 aliphatic heterocycles. The average molecular weight is 517 g/mol. The van der Waals surface area contributed by atoms with Gasteiger partial charge in [0.2, 0.25) is 5.91 Å². The van der Waals surface area contributed by atoms with Gasteiger partial charge in [0, 0.05) is 18.5 Å². The van der Waals surface area contributed by atoms with Gasteiger partial charge in [0.25, 0.3) is 5.91 Å². The van der Waals surface area contributed by atoms with Gasteiger partial charge in [-0.1, -0.05) is 41.6 Å². The molecule has 3 aromatic rings. The van der Waals surface area contributed by atoms with Crippen molar-refractivity contribution in [2.45, 2.75) is 31.1 Å². The highest BCUT2D eigenvalue weighted by atomic mass is 32.2. The summed E-state index contributed by atoms with van der Waals surface area (Å²) in [6, 6.07) is 21.0. The fraction of sp³-hybridized carbons (Fsp3) is 0.214. The van der Waals surface area contributed by atoms with Crippen molar-refractivity contribution in [3.63, 3.8) is 0 Å². The van der Waals surface area contributed by atoms with Gasteiger partial charge in [-0.05, 0) is 66.6 Å². The second kappa shape index (κ2) is 10.6. The number of nitrogens with one attached hydrogen (secondary N) is 1. The Labute approximate surface area is 218 Å². The van der Waals surface area contributed by atoms with E-state index < -0.39 is 5.25 Å². The second-order valence-electron chi connectivity index (χ2n) is 8.85. The third-order valence-corrected chi connectivity index (χ3v) is 7.36. The Morgan fingerprint density at radius 3 is 2.46 bits per heavy atom. The molecule has 0 aromatic heterocycles. The lowest BCUT2D eigenvalue weighted by Crippen LogP contribution is -2.25. The van der Waals surface area contributed by atoms with E-state index in [1.54, 1.807) is 24.3 Å². The van der Waals surface area contributed by atoms with Crippen LogP contribution in [0.2, 0.25) is 0 Å². The third kappa shape index (κ3) is 5.56. The van der Waals surface area contributed by atoms with Crippen molar-refractivity contribution in [2.24, 2.45) is 10.1 Å². The number of benzene rings is 3. The van der Waals surface area contributed by atoms with E-state index >= 15 is 0 Å². The zero-order valence-corrected chi connectivity index (χ0v) is 21.2. The molecule has 1 N–H and O–H groups in total. The van der Waals surface area contributed by atoms with E-state index in [9.17, 15) is 14.0 Å². The summed E-state index contributed by atoms with van der Waals surface area (Å²) >= 11 is 1.23. The predicted molar refractivity (Wildman–Crippen MR) is 143 cm³/mol. The molecule has 2 atom stereocenters. The molecule has 0 spiro atoms. The van der Waals surface area contributed by atoms with Crippen LogP contribution in [0.5, 0.6) is 5.75 Å². The van der Waals surface area contributed by atoms with Crippen molar-refractivity contribution >= 4 is 40.1 Å². The van der Waals surface area contributed by atoms with Crippen LogP contribution in [0.1, 0.15) is 35.6 Å². The summed E-state index contributed by atoms with van der Waals surface area (Å²) in [4.78, 5) is 29.6. The van der Waals surface area contributed by atoms with Crippen molar-refractivity contribution in [1.29, 1.82) is 0 Å². The number of hydrogen-bond donors (Lipinski definition) is 1. The fourth-order valence-corrected chi connectivity index (χ4v) is 5.27. The van der Waals surface area contributed by atoms with Gasteiger partial charge in [-0.25, -0.2) is 9.40 Å². The summed E-state index contributed by atoms with van der Waals surface area (Å²) in [5, 5.41) is 9.15. The van der Waals surface area contributed by atoms with Crippen LogP contribution in [0.3, 0.4) is 0 Å². The lowest BCUT2D eigenvalue weighted by Gasteiger charge is -2.23. The van der Waals surface area contributed by atoms with Gasteiger partial charge >= 0.3 is 0 Å². The molecule has 0 saturated carbocycles. The molecule has 9 heteroatoms. The van der Waals surface area contributed by atoms with E-state index in [2.05, 4.69) is 10.3 Å². The van der Waals surface area contributed by atoms with Crippen LogP contribution in [0, 0.1) is 12.7 Å². The number of hydrogen-bond acceptors (Lipinski definition) is 6. The molecule has 7 nitrogen and oxygen atoms in total. The predicted octanol–water partition coefficient (Wildman–Crippen LogP) is 5.32. The molecule has 0 bridgehead atoms. The number of nitrogens with zero attached hydrogens (tertiary/aromatic N) is 3. The van der Waals surface area contributed by atoms with Crippen molar-refractivity contribution in [3.05, 3.63) is 95.3 Å². The van der Waals surface area contributed by atoms with E-state index in [4.69, 9.17) is 9.84 Å². The van der Waals surface area contributed by atoms with Crippen molar-refractivity contribution in [1.82, 2.24) is 5.01 Å². The van der Waals surface area contributed by atoms with Crippen LogP contribution in [-0.2, 0) is 9.59 Å². The Hall–Kier alpha value is -3.98. The number of amidine groups is 1. The molecule has 0 saturated heterocycles. The number of ether oxygens (including phenoxy) is 1. The van der Waals surface area contributed by atoms with Gasteiger partial charge in [0.1, 0.15) is 16.8 Å². The number of thioether (sulfide) groups is 1. The molecule has 37 heavy (non-hydrogen) atoms.